The molecule has 1 aromatic carbocycles. The number of aryl methyl sites for hydroxylation is 1. The number of rotatable bonds is 4. The predicted octanol–water partition coefficient (Wildman–Crippen LogP) is 1.65. The van der Waals surface area contributed by atoms with Gasteiger partial charge in [0.15, 0.2) is 5.69 Å². The lowest BCUT2D eigenvalue weighted by molar-refractivity contribution is -0.133. The zero-order valence-electron chi connectivity index (χ0n) is 12.8. The minimum Gasteiger partial charge on any atom is -0.476 e. The first-order valence-corrected chi connectivity index (χ1v) is 7.54. The molecule has 1 unspecified atom stereocenters. The summed E-state index contributed by atoms with van der Waals surface area (Å²) in [4.78, 5) is 25.2. The standard InChI is InChI=1S/C16H18N4O3/c1-11-4-6-12(7-5-11)14-3-2-8-20(14)15(21)10-19-9-13(16(22)23)17-18-19/h4-7,9,14H,2-3,8,10H2,1H3,(H,22,23). The average molecular weight is 314 g/mol. The molecule has 1 saturated heterocycles. The van der Waals surface area contributed by atoms with Gasteiger partial charge in [-0.1, -0.05) is 35.0 Å². The van der Waals surface area contributed by atoms with Crippen LogP contribution in [0, 0.1) is 6.92 Å². The number of likely N-dealkylation sites (tertiary alicyclic amines) is 1. The average Bonchev–Trinajstić information content (AvgIpc) is 3.16. The summed E-state index contributed by atoms with van der Waals surface area (Å²) in [6.45, 7) is 2.74. The molecule has 7 nitrogen and oxygen atoms in total. The van der Waals surface area contributed by atoms with Gasteiger partial charge in [0.25, 0.3) is 0 Å². The van der Waals surface area contributed by atoms with Gasteiger partial charge in [-0.15, -0.1) is 5.10 Å². The van der Waals surface area contributed by atoms with Gasteiger partial charge in [0.05, 0.1) is 12.2 Å². The summed E-state index contributed by atoms with van der Waals surface area (Å²) in [6.07, 6.45) is 3.17. The number of nitrogens with zero attached hydrogens (tertiary/aromatic N) is 4. The second-order valence-corrected chi connectivity index (χ2v) is 5.76. The van der Waals surface area contributed by atoms with Crippen molar-refractivity contribution in [3.05, 3.63) is 47.3 Å². The van der Waals surface area contributed by atoms with E-state index in [1.54, 1.807) is 0 Å². The molecular weight excluding hydrogens is 296 g/mol. The number of amides is 1. The molecule has 3 rings (SSSR count). The number of hydrogen-bond acceptors (Lipinski definition) is 4. The smallest absolute Gasteiger partial charge is 0.358 e. The highest BCUT2D eigenvalue weighted by atomic mass is 16.4. The highest BCUT2D eigenvalue weighted by Gasteiger charge is 2.30. The molecule has 0 aliphatic carbocycles. The van der Waals surface area contributed by atoms with Gasteiger partial charge in [0.1, 0.15) is 6.54 Å². The maximum absolute atomic E-state index is 12.5. The van der Waals surface area contributed by atoms with E-state index in [-0.39, 0.29) is 24.2 Å². The van der Waals surface area contributed by atoms with Crippen molar-refractivity contribution in [3.63, 3.8) is 0 Å². The molecule has 120 valence electrons. The molecule has 1 aromatic heterocycles. The van der Waals surface area contributed by atoms with E-state index >= 15 is 0 Å². The van der Waals surface area contributed by atoms with Crippen molar-refractivity contribution in [2.24, 2.45) is 0 Å². The van der Waals surface area contributed by atoms with Gasteiger partial charge in [-0.25, -0.2) is 9.48 Å². The Balaban J connectivity index is 1.72. The molecule has 1 fully saturated rings. The van der Waals surface area contributed by atoms with Gasteiger partial charge in [0, 0.05) is 6.54 Å². The molecular formula is C16H18N4O3. The van der Waals surface area contributed by atoms with Crippen LogP contribution in [0.25, 0.3) is 0 Å². The van der Waals surface area contributed by atoms with Crippen LogP contribution >= 0.6 is 0 Å². The van der Waals surface area contributed by atoms with Crippen LogP contribution in [-0.4, -0.2) is 43.4 Å². The number of hydrogen-bond donors (Lipinski definition) is 1. The third kappa shape index (κ3) is 3.23. The third-order valence-electron chi connectivity index (χ3n) is 4.09. The van der Waals surface area contributed by atoms with Crippen LogP contribution in [0.1, 0.15) is 40.5 Å². The zero-order valence-corrected chi connectivity index (χ0v) is 12.8. The minimum atomic E-state index is -1.15. The van der Waals surface area contributed by atoms with Gasteiger partial charge in [-0.05, 0) is 25.3 Å². The Bertz CT molecular complexity index is 723. The predicted molar refractivity (Wildman–Crippen MR) is 81.8 cm³/mol. The van der Waals surface area contributed by atoms with Crippen LogP contribution in [0.4, 0.5) is 0 Å². The quantitative estimate of drug-likeness (QED) is 0.927. The fraction of sp³-hybridized carbons (Fsp3) is 0.375. The third-order valence-corrected chi connectivity index (χ3v) is 4.09. The zero-order chi connectivity index (χ0) is 16.4. The lowest BCUT2D eigenvalue weighted by Gasteiger charge is -2.25. The monoisotopic (exact) mass is 314 g/mol. The molecule has 0 bridgehead atoms. The molecule has 1 aliphatic heterocycles. The molecule has 1 atom stereocenters. The van der Waals surface area contributed by atoms with Crippen LogP contribution in [0.2, 0.25) is 0 Å². The fourth-order valence-electron chi connectivity index (χ4n) is 2.90. The van der Waals surface area contributed by atoms with Crippen LogP contribution in [0.3, 0.4) is 0 Å². The number of aromatic nitrogens is 3. The molecule has 0 saturated carbocycles. The Morgan fingerprint density at radius 2 is 2.04 bits per heavy atom. The van der Waals surface area contributed by atoms with Gasteiger partial charge < -0.3 is 10.0 Å². The van der Waals surface area contributed by atoms with Crippen molar-refractivity contribution in [1.29, 1.82) is 0 Å². The number of carbonyl (C=O) groups is 2. The van der Waals surface area contributed by atoms with E-state index in [4.69, 9.17) is 5.11 Å². The van der Waals surface area contributed by atoms with Gasteiger partial charge in [0.2, 0.25) is 5.91 Å². The molecule has 23 heavy (non-hydrogen) atoms. The largest absolute Gasteiger partial charge is 0.476 e. The highest BCUT2D eigenvalue weighted by Crippen LogP contribution is 2.32. The van der Waals surface area contributed by atoms with Gasteiger partial charge in [-0.3, -0.25) is 4.79 Å². The van der Waals surface area contributed by atoms with Gasteiger partial charge >= 0.3 is 5.97 Å². The molecule has 1 amide bonds. The minimum absolute atomic E-state index is 0.00262. The van der Waals surface area contributed by atoms with E-state index in [1.807, 2.05) is 24.0 Å². The summed E-state index contributed by atoms with van der Waals surface area (Å²) in [5.41, 5.74) is 2.16. The summed E-state index contributed by atoms with van der Waals surface area (Å²) in [6, 6.07) is 8.29. The summed E-state index contributed by atoms with van der Waals surface area (Å²) in [7, 11) is 0. The van der Waals surface area contributed by atoms with E-state index in [0.29, 0.717) is 6.54 Å². The lowest BCUT2D eigenvalue weighted by Crippen LogP contribution is -2.33. The summed E-state index contributed by atoms with van der Waals surface area (Å²) < 4.78 is 1.27. The van der Waals surface area contributed by atoms with E-state index in [2.05, 4.69) is 22.4 Å². The van der Waals surface area contributed by atoms with Crippen molar-refractivity contribution >= 4 is 11.9 Å². The number of benzene rings is 1. The Kier molecular flexibility index (Phi) is 4.10. The van der Waals surface area contributed by atoms with Crippen molar-refractivity contribution in [3.8, 4) is 0 Å². The van der Waals surface area contributed by atoms with Crippen LogP contribution in [-0.2, 0) is 11.3 Å². The normalized spacial score (nSPS) is 17.4. The Hall–Kier alpha value is -2.70. The van der Waals surface area contributed by atoms with Crippen LogP contribution in [0.5, 0.6) is 0 Å². The second-order valence-electron chi connectivity index (χ2n) is 5.76. The second kappa shape index (κ2) is 6.20. The highest BCUT2D eigenvalue weighted by molar-refractivity contribution is 5.84. The number of carboxylic acid groups (broad SMARTS) is 1. The topological polar surface area (TPSA) is 88.3 Å². The molecule has 1 aliphatic rings. The van der Waals surface area contributed by atoms with Crippen LogP contribution < -0.4 is 0 Å². The Labute approximate surface area is 133 Å². The van der Waals surface area contributed by atoms with Crippen molar-refractivity contribution in [2.45, 2.75) is 32.4 Å². The molecule has 1 N–H and O–H groups in total. The first-order valence-electron chi connectivity index (χ1n) is 7.54. The van der Waals surface area contributed by atoms with Crippen molar-refractivity contribution in [2.75, 3.05) is 6.54 Å². The maximum Gasteiger partial charge on any atom is 0.358 e. The first kappa shape index (κ1) is 15.2. The Morgan fingerprint density at radius 1 is 1.30 bits per heavy atom. The first-order chi connectivity index (χ1) is 11.0. The molecule has 0 radical (unpaired) electrons. The molecule has 7 heteroatoms. The number of aromatic carboxylic acids is 1. The van der Waals surface area contributed by atoms with Gasteiger partial charge in [-0.2, -0.15) is 0 Å². The van der Waals surface area contributed by atoms with E-state index in [0.717, 1.165) is 18.4 Å². The lowest BCUT2D eigenvalue weighted by atomic mass is 10.0. The summed E-state index contributed by atoms with van der Waals surface area (Å²) >= 11 is 0. The van der Waals surface area contributed by atoms with E-state index in [9.17, 15) is 9.59 Å². The molecule has 2 aromatic rings. The van der Waals surface area contributed by atoms with E-state index < -0.39 is 5.97 Å². The Morgan fingerprint density at radius 3 is 2.70 bits per heavy atom. The number of carboxylic acids is 1. The number of carbonyl (C=O) groups excluding carboxylic acids is 1. The SMILES string of the molecule is Cc1ccc(C2CCCN2C(=O)Cn2cc(C(=O)O)nn2)cc1. The summed E-state index contributed by atoms with van der Waals surface area (Å²) in [5.74, 6) is -1.22. The molecule has 2 heterocycles. The molecule has 0 spiro atoms. The van der Waals surface area contributed by atoms with E-state index in [1.165, 1.54) is 16.4 Å². The van der Waals surface area contributed by atoms with Crippen LogP contribution in [0.15, 0.2) is 30.5 Å². The summed E-state index contributed by atoms with van der Waals surface area (Å²) in [5, 5.41) is 16.1. The maximum atomic E-state index is 12.5. The fourth-order valence-corrected chi connectivity index (χ4v) is 2.90. The van der Waals surface area contributed by atoms with Crippen molar-refractivity contribution in [1.82, 2.24) is 19.9 Å². The van der Waals surface area contributed by atoms with Crippen molar-refractivity contribution < 1.29 is 14.7 Å².